The second kappa shape index (κ2) is 22.7. The number of nitrogens with one attached hydrogen (secondary N) is 1. The fraction of sp³-hybridized carbons (Fsp3) is 0.960. The number of amides is 1. The van der Waals surface area contributed by atoms with Crippen molar-refractivity contribution in [1.29, 1.82) is 0 Å². The maximum absolute atomic E-state index is 12.1. The summed E-state index contributed by atoms with van der Waals surface area (Å²) in [6.45, 7) is 5.18. The largest absolute Gasteiger partial charge is 0.353 e. The maximum atomic E-state index is 12.1. The van der Waals surface area contributed by atoms with Gasteiger partial charge in [0.05, 0.1) is 0 Å². The van der Waals surface area contributed by atoms with Gasteiger partial charge in [-0.05, 0) is 32.2 Å². The van der Waals surface area contributed by atoms with Crippen molar-refractivity contribution >= 4 is 5.91 Å². The van der Waals surface area contributed by atoms with Gasteiger partial charge in [0.15, 0.2) is 0 Å². The molecule has 0 aromatic carbocycles. The van der Waals surface area contributed by atoms with Crippen molar-refractivity contribution in [2.75, 3.05) is 6.54 Å². The molecule has 168 valence electrons. The lowest BCUT2D eigenvalue weighted by atomic mass is 10.0. The van der Waals surface area contributed by atoms with Gasteiger partial charge in [0.2, 0.25) is 5.91 Å². The highest BCUT2D eigenvalue weighted by atomic mass is 16.1. The van der Waals surface area contributed by atoms with E-state index in [2.05, 4.69) is 19.2 Å². The lowest BCUT2D eigenvalue weighted by Crippen LogP contribution is -2.35. The van der Waals surface area contributed by atoms with Gasteiger partial charge in [0.1, 0.15) is 0 Å². The summed E-state index contributed by atoms with van der Waals surface area (Å²) in [5.74, 6) is 0.241. The van der Waals surface area contributed by atoms with Crippen molar-refractivity contribution in [2.24, 2.45) is 5.73 Å². The van der Waals surface area contributed by atoms with Crippen molar-refractivity contribution in [3.63, 3.8) is 0 Å². The van der Waals surface area contributed by atoms with E-state index in [-0.39, 0.29) is 5.91 Å². The van der Waals surface area contributed by atoms with Crippen LogP contribution < -0.4 is 11.1 Å². The third-order valence-corrected chi connectivity index (χ3v) is 5.77. The van der Waals surface area contributed by atoms with Crippen molar-refractivity contribution in [3.8, 4) is 0 Å². The number of nitrogens with two attached hydrogens (primary N) is 1. The molecule has 0 aliphatic rings. The number of carbonyl (C=O) groups is 1. The Hall–Kier alpha value is -0.570. The molecule has 28 heavy (non-hydrogen) atoms. The average molecular weight is 397 g/mol. The topological polar surface area (TPSA) is 55.1 Å². The van der Waals surface area contributed by atoms with Gasteiger partial charge in [-0.2, -0.15) is 0 Å². The first-order valence-corrected chi connectivity index (χ1v) is 12.7. The minimum Gasteiger partial charge on any atom is -0.353 e. The third-order valence-electron chi connectivity index (χ3n) is 5.77. The Bertz CT molecular complexity index is 320. The molecule has 0 aromatic rings. The van der Waals surface area contributed by atoms with Gasteiger partial charge in [-0.15, -0.1) is 0 Å². The molecular weight excluding hydrogens is 344 g/mol. The zero-order valence-electron chi connectivity index (χ0n) is 19.4. The van der Waals surface area contributed by atoms with Crippen LogP contribution in [-0.2, 0) is 4.79 Å². The van der Waals surface area contributed by atoms with Crippen molar-refractivity contribution < 1.29 is 4.79 Å². The van der Waals surface area contributed by atoms with E-state index < -0.39 is 0 Å². The summed E-state index contributed by atoms with van der Waals surface area (Å²) in [6, 6.07) is 0.331. The Labute approximate surface area is 177 Å². The highest BCUT2D eigenvalue weighted by Gasteiger charge is 2.10. The summed E-state index contributed by atoms with van der Waals surface area (Å²) < 4.78 is 0. The molecule has 0 rings (SSSR count). The molecule has 1 amide bonds. The number of hydrogen-bond acceptors (Lipinski definition) is 2. The minimum atomic E-state index is 0.241. The summed E-state index contributed by atoms with van der Waals surface area (Å²) in [5, 5.41) is 3.21. The van der Waals surface area contributed by atoms with Crippen molar-refractivity contribution in [3.05, 3.63) is 0 Å². The number of hydrogen-bond donors (Lipinski definition) is 2. The highest BCUT2D eigenvalue weighted by molar-refractivity contribution is 5.76. The van der Waals surface area contributed by atoms with E-state index in [1.807, 2.05) is 0 Å². The molecule has 0 aliphatic heterocycles. The van der Waals surface area contributed by atoms with Crippen LogP contribution in [0.15, 0.2) is 0 Å². The molecule has 1 unspecified atom stereocenters. The Morgan fingerprint density at radius 3 is 1.54 bits per heavy atom. The van der Waals surface area contributed by atoms with Crippen LogP contribution in [-0.4, -0.2) is 18.5 Å². The van der Waals surface area contributed by atoms with Crippen LogP contribution in [0, 0.1) is 0 Å². The second-order valence-corrected chi connectivity index (χ2v) is 8.68. The van der Waals surface area contributed by atoms with Crippen LogP contribution in [0.3, 0.4) is 0 Å². The van der Waals surface area contributed by atoms with Gasteiger partial charge < -0.3 is 11.1 Å². The SMILES string of the molecule is CCCCCCCCCCCCCCCCCC(=O)NC(CCC)CCCN. The second-order valence-electron chi connectivity index (χ2n) is 8.68. The zero-order chi connectivity index (χ0) is 20.7. The third kappa shape index (κ3) is 20.2. The Morgan fingerprint density at radius 1 is 0.643 bits per heavy atom. The molecule has 0 saturated carbocycles. The highest BCUT2D eigenvalue weighted by Crippen LogP contribution is 2.14. The quantitative estimate of drug-likeness (QED) is 0.189. The number of rotatable bonds is 22. The average Bonchev–Trinajstić information content (AvgIpc) is 2.69. The number of carbonyl (C=O) groups excluding carboxylic acids is 1. The molecule has 0 heterocycles. The van der Waals surface area contributed by atoms with Crippen LogP contribution in [0.2, 0.25) is 0 Å². The Balaban J connectivity index is 3.34. The first-order valence-electron chi connectivity index (χ1n) is 12.7. The predicted octanol–water partition coefficient (Wildman–Crippen LogP) is 7.27. The molecule has 3 nitrogen and oxygen atoms in total. The molecular formula is C25H52N2O. The van der Waals surface area contributed by atoms with Gasteiger partial charge in [-0.25, -0.2) is 0 Å². The summed E-state index contributed by atoms with van der Waals surface area (Å²) >= 11 is 0. The van der Waals surface area contributed by atoms with Crippen molar-refractivity contribution in [1.82, 2.24) is 5.32 Å². The normalized spacial score (nSPS) is 12.2. The zero-order valence-corrected chi connectivity index (χ0v) is 19.4. The molecule has 0 bridgehead atoms. The van der Waals surface area contributed by atoms with E-state index in [0.29, 0.717) is 12.5 Å². The first kappa shape index (κ1) is 27.4. The standard InChI is InChI=1S/C25H52N2O/c1-3-5-6-7-8-9-10-11-12-13-14-15-16-17-18-22-25(28)27-24(20-4-2)21-19-23-26/h24H,3-23,26H2,1-2H3,(H,27,28). The van der Waals surface area contributed by atoms with Gasteiger partial charge in [-0.3, -0.25) is 4.79 Å². The lowest BCUT2D eigenvalue weighted by molar-refractivity contribution is -0.122. The predicted molar refractivity (Wildman–Crippen MR) is 125 cm³/mol. The van der Waals surface area contributed by atoms with Crippen LogP contribution in [0.4, 0.5) is 0 Å². The van der Waals surface area contributed by atoms with E-state index >= 15 is 0 Å². The smallest absolute Gasteiger partial charge is 0.220 e. The van der Waals surface area contributed by atoms with Crippen LogP contribution in [0.1, 0.15) is 142 Å². The molecule has 0 radical (unpaired) electrons. The van der Waals surface area contributed by atoms with Gasteiger partial charge in [0, 0.05) is 12.5 Å². The molecule has 3 heteroatoms. The first-order chi connectivity index (χ1) is 13.7. The van der Waals surface area contributed by atoms with Crippen LogP contribution in [0.5, 0.6) is 0 Å². The van der Waals surface area contributed by atoms with Crippen molar-refractivity contribution in [2.45, 2.75) is 148 Å². The molecule has 0 aromatic heterocycles. The minimum absolute atomic E-state index is 0.241. The maximum Gasteiger partial charge on any atom is 0.220 e. The monoisotopic (exact) mass is 396 g/mol. The van der Waals surface area contributed by atoms with Crippen LogP contribution >= 0.6 is 0 Å². The summed E-state index contributed by atoms with van der Waals surface area (Å²) in [4.78, 5) is 12.1. The number of unbranched alkanes of at least 4 members (excludes halogenated alkanes) is 14. The van der Waals surface area contributed by atoms with Gasteiger partial charge in [0.25, 0.3) is 0 Å². The van der Waals surface area contributed by atoms with E-state index in [9.17, 15) is 4.79 Å². The van der Waals surface area contributed by atoms with E-state index in [4.69, 9.17) is 5.73 Å². The summed E-state index contributed by atoms with van der Waals surface area (Å²) in [5.41, 5.74) is 5.59. The molecule has 1 atom stereocenters. The molecule has 0 saturated heterocycles. The summed E-state index contributed by atoms with van der Waals surface area (Å²) in [7, 11) is 0. The Morgan fingerprint density at radius 2 is 1.11 bits per heavy atom. The molecule has 0 aliphatic carbocycles. The summed E-state index contributed by atoms with van der Waals surface area (Å²) in [6.07, 6.45) is 25.4. The Kier molecular flexibility index (Phi) is 22.3. The van der Waals surface area contributed by atoms with Crippen LogP contribution in [0.25, 0.3) is 0 Å². The van der Waals surface area contributed by atoms with Gasteiger partial charge >= 0.3 is 0 Å². The van der Waals surface area contributed by atoms with E-state index in [1.54, 1.807) is 0 Å². The van der Waals surface area contributed by atoms with E-state index in [1.165, 1.54) is 89.9 Å². The van der Waals surface area contributed by atoms with E-state index in [0.717, 1.165) is 38.6 Å². The fourth-order valence-corrected chi connectivity index (χ4v) is 3.96. The van der Waals surface area contributed by atoms with Gasteiger partial charge in [-0.1, -0.05) is 110 Å². The molecule has 0 spiro atoms. The molecule has 3 N–H and O–H groups in total. The lowest BCUT2D eigenvalue weighted by Gasteiger charge is -2.17. The molecule has 0 fully saturated rings. The fourth-order valence-electron chi connectivity index (χ4n) is 3.96.